The number of nitrogens with zero attached hydrogens (tertiary/aromatic N) is 2. The summed E-state index contributed by atoms with van der Waals surface area (Å²) in [5.41, 5.74) is 2.70. The lowest BCUT2D eigenvalue weighted by molar-refractivity contribution is 0.0474. The van der Waals surface area contributed by atoms with Crippen LogP contribution in [0, 0.1) is 20.8 Å². The zero-order chi connectivity index (χ0) is 25.0. The summed E-state index contributed by atoms with van der Waals surface area (Å²) < 4.78 is 39.8. The number of ketones is 1. The van der Waals surface area contributed by atoms with Crippen LogP contribution >= 0.6 is 0 Å². The molecule has 8 nitrogen and oxygen atoms in total. The number of benzene rings is 1. The van der Waals surface area contributed by atoms with Crippen LogP contribution in [0.4, 0.5) is 0 Å². The van der Waals surface area contributed by atoms with Crippen LogP contribution in [0.5, 0.6) is 0 Å². The lowest BCUT2D eigenvalue weighted by Gasteiger charge is -2.20. The Kier molecular flexibility index (Phi) is 7.78. The summed E-state index contributed by atoms with van der Waals surface area (Å²) in [6.45, 7) is 9.59. The zero-order valence-electron chi connectivity index (χ0n) is 20.1. The molecule has 34 heavy (non-hydrogen) atoms. The van der Waals surface area contributed by atoms with E-state index in [1.165, 1.54) is 16.4 Å². The lowest BCUT2D eigenvalue weighted by Crippen LogP contribution is -2.31. The Balaban J connectivity index is 1.75. The van der Waals surface area contributed by atoms with Gasteiger partial charge in [-0.1, -0.05) is 19.9 Å². The van der Waals surface area contributed by atoms with Gasteiger partial charge in [0.15, 0.2) is 6.61 Å². The Hall–Kier alpha value is -3.17. The molecule has 0 fully saturated rings. The van der Waals surface area contributed by atoms with Crippen molar-refractivity contribution in [2.75, 3.05) is 19.7 Å². The van der Waals surface area contributed by atoms with Gasteiger partial charge in [-0.05, 0) is 56.7 Å². The van der Waals surface area contributed by atoms with Gasteiger partial charge < -0.3 is 13.7 Å². The SMILES string of the molecule is CCN(CC)S(=O)(=O)c1cc(C(=O)OCC(=O)c2cc(C)n(Cc3ccco3)c2C)ccc1C. The highest BCUT2D eigenvalue weighted by atomic mass is 32.2. The molecule has 0 aliphatic rings. The molecule has 0 unspecified atom stereocenters. The predicted molar refractivity (Wildman–Crippen MR) is 128 cm³/mol. The van der Waals surface area contributed by atoms with Gasteiger partial charge in [0.25, 0.3) is 0 Å². The van der Waals surface area contributed by atoms with E-state index in [2.05, 4.69) is 0 Å². The summed E-state index contributed by atoms with van der Waals surface area (Å²) >= 11 is 0. The van der Waals surface area contributed by atoms with Crippen molar-refractivity contribution in [3.63, 3.8) is 0 Å². The Bertz CT molecular complexity index is 1290. The number of Topliss-reactive ketones (excluding diaryl/α,β-unsaturated/α-hetero) is 1. The number of hydrogen-bond acceptors (Lipinski definition) is 6. The molecule has 0 bridgehead atoms. The van der Waals surface area contributed by atoms with Gasteiger partial charge in [0.1, 0.15) is 5.76 Å². The summed E-state index contributed by atoms with van der Waals surface area (Å²) in [6.07, 6.45) is 1.60. The molecule has 0 N–H and O–H groups in total. The first-order chi connectivity index (χ1) is 16.1. The Morgan fingerprint density at radius 3 is 2.38 bits per heavy atom. The smallest absolute Gasteiger partial charge is 0.338 e. The van der Waals surface area contributed by atoms with Crippen molar-refractivity contribution in [1.29, 1.82) is 0 Å². The van der Waals surface area contributed by atoms with Crippen LogP contribution in [0.2, 0.25) is 0 Å². The summed E-state index contributed by atoms with van der Waals surface area (Å²) in [5.74, 6) is -0.328. The molecule has 0 spiro atoms. The molecule has 182 valence electrons. The van der Waals surface area contributed by atoms with E-state index < -0.39 is 22.6 Å². The maximum absolute atomic E-state index is 12.9. The standard InChI is InChI=1S/C25H30N2O6S/c1-6-26(7-2)34(30,31)24-14-20(11-10-17(24)3)25(29)33-16-23(28)22-13-18(4)27(19(22)5)15-21-9-8-12-32-21/h8-14H,6-7,15-16H2,1-5H3. The third-order valence-electron chi connectivity index (χ3n) is 5.85. The maximum atomic E-state index is 12.9. The number of rotatable bonds is 10. The summed E-state index contributed by atoms with van der Waals surface area (Å²) in [4.78, 5) is 25.5. The third kappa shape index (κ3) is 5.15. The first kappa shape index (κ1) is 25.5. The fourth-order valence-corrected chi connectivity index (χ4v) is 5.59. The van der Waals surface area contributed by atoms with E-state index in [0.29, 0.717) is 30.8 Å². The Morgan fingerprint density at radius 1 is 1.06 bits per heavy atom. The second kappa shape index (κ2) is 10.4. The largest absolute Gasteiger partial charge is 0.467 e. The third-order valence-corrected chi connectivity index (χ3v) is 8.04. The summed E-state index contributed by atoms with van der Waals surface area (Å²) in [6, 6.07) is 9.80. The molecule has 0 amide bonds. The first-order valence-corrected chi connectivity index (χ1v) is 12.5. The number of aromatic nitrogens is 1. The van der Waals surface area contributed by atoms with Crippen LogP contribution < -0.4 is 0 Å². The van der Waals surface area contributed by atoms with Crippen molar-refractivity contribution in [3.05, 3.63) is 76.5 Å². The molecule has 0 saturated carbocycles. The van der Waals surface area contributed by atoms with Crippen LogP contribution in [-0.4, -0.2) is 48.7 Å². The topological polar surface area (TPSA) is 98.8 Å². The van der Waals surface area contributed by atoms with Gasteiger partial charge >= 0.3 is 5.97 Å². The normalized spacial score (nSPS) is 11.7. The maximum Gasteiger partial charge on any atom is 0.338 e. The predicted octanol–water partition coefficient (Wildman–Crippen LogP) is 4.12. The van der Waals surface area contributed by atoms with Crippen LogP contribution in [0.25, 0.3) is 0 Å². The van der Waals surface area contributed by atoms with Crippen LogP contribution in [0.1, 0.15) is 57.3 Å². The molecule has 3 rings (SSSR count). The van der Waals surface area contributed by atoms with Gasteiger partial charge in [0.05, 0.1) is 23.3 Å². The summed E-state index contributed by atoms with van der Waals surface area (Å²) in [7, 11) is -3.74. The van der Waals surface area contributed by atoms with Gasteiger partial charge in [-0.15, -0.1) is 0 Å². The van der Waals surface area contributed by atoms with E-state index in [-0.39, 0.29) is 16.2 Å². The highest BCUT2D eigenvalue weighted by Gasteiger charge is 2.25. The average molecular weight is 487 g/mol. The second-order valence-electron chi connectivity index (χ2n) is 8.02. The number of aryl methyl sites for hydroxylation is 2. The van der Waals surface area contributed by atoms with Gasteiger partial charge in [-0.2, -0.15) is 4.31 Å². The molecule has 0 aliphatic heterocycles. The molecule has 9 heteroatoms. The molecule has 3 aromatic rings. The fourth-order valence-electron chi connectivity index (χ4n) is 3.88. The van der Waals surface area contributed by atoms with E-state index >= 15 is 0 Å². The zero-order valence-corrected chi connectivity index (χ0v) is 20.9. The van der Waals surface area contributed by atoms with Crippen molar-refractivity contribution >= 4 is 21.8 Å². The molecule has 0 atom stereocenters. The van der Waals surface area contributed by atoms with Gasteiger partial charge in [0, 0.05) is 30.0 Å². The van der Waals surface area contributed by atoms with Crippen molar-refractivity contribution < 1.29 is 27.2 Å². The molecular weight excluding hydrogens is 456 g/mol. The molecule has 2 aromatic heterocycles. The van der Waals surface area contributed by atoms with Crippen LogP contribution in [0.3, 0.4) is 0 Å². The van der Waals surface area contributed by atoms with Crippen molar-refractivity contribution in [2.24, 2.45) is 0 Å². The van der Waals surface area contributed by atoms with E-state index in [1.807, 2.05) is 24.5 Å². The minimum atomic E-state index is -3.74. The second-order valence-corrected chi connectivity index (χ2v) is 9.93. The average Bonchev–Trinajstić information content (AvgIpc) is 3.42. The van der Waals surface area contributed by atoms with E-state index in [0.717, 1.165) is 17.1 Å². The van der Waals surface area contributed by atoms with E-state index in [9.17, 15) is 18.0 Å². The monoisotopic (exact) mass is 486 g/mol. The quantitative estimate of drug-likeness (QED) is 0.316. The molecule has 1 aromatic carbocycles. The molecule has 2 heterocycles. The van der Waals surface area contributed by atoms with Crippen molar-refractivity contribution in [3.8, 4) is 0 Å². The van der Waals surface area contributed by atoms with Crippen molar-refractivity contribution in [2.45, 2.75) is 46.1 Å². The minimum Gasteiger partial charge on any atom is -0.467 e. The van der Waals surface area contributed by atoms with Crippen molar-refractivity contribution in [1.82, 2.24) is 8.87 Å². The first-order valence-electron chi connectivity index (χ1n) is 11.1. The Morgan fingerprint density at radius 2 is 1.76 bits per heavy atom. The summed E-state index contributed by atoms with van der Waals surface area (Å²) in [5, 5.41) is 0. The number of ether oxygens (including phenoxy) is 1. The number of carbonyl (C=O) groups excluding carboxylic acids is 2. The minimum absolute atomic E-state index is 0.0541. The van der Waals surface area contributed by atoms with Crippen LogP contribution in [0.15, 0.2) is 52.0 Å². The molecule has 0 saturated heterocycles. The number of carbonyl (C=O) groups is 2. The lowest BCUT2D eigenvalue weighted by atomic mass is 10.1. The fraction of sp³-hybridized carbons (Fsp3) is 0.360. The Labute approximate surface area is 200 Å². The molecule has 0 radical (unpaired) electrons. The highest BCUT2D eigenvalue weighted by molar-refractivity contribution is 7.89. The number of esters is 1. The van der Waals surface area contributed by atoms with Gasteiger partial charge in [0.2, 0.25) is 15.8 Å². The molecule has 0 aliphatic carbocycles. The van der Waals surface area contributed by atoms with Gasteiger partial charge in [-0.25, -0.2) is 13.2 Å². The van der Waals surface area contributed by atoms with E-state index in [1.54, 1.807) is 45.2 Å². The molecular formula is C25H30N2O6S. The number of sulfonamides is 1. The van der Waals surface area contributed by atoms with Gasteiger partial charge in [-0.3, -0.25) is 4.79 Å². The van der Waals surface area contributed by atoms with Crippen LogP contribution in [-0.2, 0) is 21.3 Å². The number of hydrogen-bond donors (Lipinski definition) is 0. The highest BCUT2D eigenvalue weighted by Crippen LogP contribution is 2.22. The van der Waals surface area contributed by atoms with E-state index in [4.69, 9.17) is 9.15 Å². The number of furan rings is 1.